The van der Waals surface area contributed by atoms with Crippen LogP contribution >= 0.6 is 0 Å². The zero-order valence-electron chi connectivity index (χ0n) is 11.0. The van der Waals surface area contributed by atoms with Gasteiger partial charge in [-0.1, -0.05) is 5.16 Å². The standard InChI is InChI=1S/C12H18N4O3/c1-18-10-6-16(7-11(10)19-2)8-3-4-9(14-5-8)12(13)15-17/h3-5,10-11,17H,6-7H2,1-2H3,(H2,13,15). The van der Waals surface area contributed by atoms with E-state index in [2.05, 4.69) is 15.0 Å². The molecule has 0 radical (unpaired) electrons. The van der Waals surface area contributed by atoms with Crippen LogP contribution in [-0.4, -0.2) is 55.5 Å². The van der Waals surface area contributed by atoms with Gasteiger partial charge in [-0.15, -0.1) is 0 Å². The van der Waals surface area contributed by atoms with Gasteiger partial charge in [-0.25, -0.2) is 0 Å². The zero-order chi connectivity index (χ0) is 13.8. The van der Waals surface area contributed by atoms with E-state index < -0.39 is 0 Å². The van der Waals surface area contributed by atoms with Crippen LogP contribution in [0.3, 0.4) is 0 Å². The summed E-state index contributed by atoms with van der Waals surface area (Å²) in [5.41, 5.74) is 6.87. The number of amidine groups is 1. The van der Waals surface area contributed by atoms with Crippen molar-refractivity contribution < 1.29 is 14.7 Å². The fourth-order valence-electron chi connectivity index (χ4n) is 2.18. The summed E-state index contributed by atoms with van der Waals surface area (Å²) in [6, 6.07) is 3.59. The van der Waals surface area contributed by atoms with Crippen LogP contribution < -0.4 is 10.6 Å². The molecule has 1 fully saturated rings. The van der Waals surface area contributed by atoms with E-state index >= 15 is 0 Å². The highest BCUT2D eigenvalue weighted by atomic mass is 16.5. The molecule has 0 saturated carbocycles. The van der Waals surface area contributed by atoms with Gasteiger partial charge in [0.25, 0.3) is 0 Å². The lowest BCUT2D eigenvalue weighted by Crippen LogP contribution is -2.27. The Kier molecular flexibility index (Phi) is 4.18. The summed E-state index contributed by atoms with van der Waals surface area (Å²) in [6.45, 7) is 1.50. The van der Waals surface area contributed by atoms with Crippen molar-refractivity contribution in [3.8, 4) is 0 Å². The Balaban J connectivity index is 2.11. The number of rotatable bonds is 4. The first-order valence-corrected chi connectivity index (χ1v) is 5.94. The molecule has 2 atom stereocenters. The van der Waals surface area contributed by atoms with E-state index in [4.69, 9.17) is 20.4 Å². The molecule has 1 aromatic heterocycles. The Bertz CT molecular complexity index is 437. The summed E-state index contributed by atoms with van der Waals surface area (Å²) in [4.78, 5) is 6.29. The van der Waals surface area contributed by atoms with Crippen LogP contribution in [0.1, 0.15) is 5.69 Å². The van der Waals surface area contributed by atoms with Crippen molar-refractivity contribution in [1.82, 2.24) is 4.98 Å². The maximum Gasteiger partial charge on any atom is 0.188 e. The van der Waals surface area contributed by atoms with Gasteiger partial charge in [0.15, 0.2) is 5.84 Å². The van der Waals surface area contributed by atoms with E-state index in [0.717, 1.165) is 18.8 Å². The molecule has 7 nitrogen and oxygen atoms in total. The second-order valence-electron chi connectivity index (χ2n) is 4.34. The van der Waals surface area contributed by atoms with Gasteiger partial charge < -0.3 is 25.3 Å². The first kappa shape index (κ1) is 13.6. The minimum absolute atomic E-state index is 0.00231. The molecule has 7 heteroatoms. The number of nitrogens with two attached hydrogens (primary N) is 1. The monoisotopic (exact) mass is 266 g/mol. The van der Waals surface area contributed by atoms with E-state index in [0.29, 0.717) is 5.69 Å². The van der Waals surface area contributed by atoms with Crippen LogP contribution in [0.4, 0.5) is 5.69 Å². The Labute approximate surface area is 111 Å². The minimum Gasteiger partial charge on any atom is -0.409 e. The number of ether oxygens (including phenoxy) is 2. The quantitative estimate of drug-likeness (QED) is 0.345. The first-order valence-electron chi connectivity index (χ1n) is 5.94. The van der Waals surface area contributed by atoms with E-state index in [1.807, 2.05) is 6.07 Å². The normalized spacial score (nSPS) is 23.9. The molecule has 0 aliphatic carbocycles. The topological polar surface area (TPSA) is 93.2 Å². The summed E-state index contributed by atoms with van der Waals surface area (Å²) in [6.07, 6.45) is 1.79. The van der Waals surface area contributed by atoms with E-state index in [-0.39, 0.29) is 18.0 Å². The molecule has 1 aromatic rings. The molecule has 104 valence electrons. The zero-order valence-corrected chi connectivity index (χ0v) is 11.0. The SMILES string of the molecule is COC1CN(c2ccc(/C(N)=N/O)nc2)CC1OC. The van der Waals surface area contributed by atoms with Gasteiger partial charge in [-0.3, -0.25) is 4.98 Å². The molecule has 1 saturated heterocycles. The fourth-order valence-corrected chi connectivity index (χ4v) is 2.18. The molecule has 2 unspecified atom stereocenters. The van der Waals surface area contributed by atoms with Crippen molar-refractivity contribution in [2.75, 3.05) is 32.2 Å². The molecule has 0 aromatic carbocycles. The van der Waals surface area contributed by atoms with Crippen molar-refractivity contribution in [3.63, 3.8) is 0 Å². The Hall–Kier alpha value is -1.86. The predicted octanol–water partition coefficient (Wildman–Crippen LogP) is 0.0261. The molecule has 3 N–H and O–H groups in total. The molecule has 19 heavy (non-hydrogen) atoms. The van der Waals surface area contributed by atoms with Crippen LogP contribution in [0.15, 0.2) is 23.5 Å². The van der Waals surface area contributed by atoms with Crippen LogP contribution in [-0.2, 0) is 9.47 Å². The van der Waals surface area contributed by atoms with Gasteiger partial charge in [-0.2, -0.15) is 0 Å². The van der Waals surface area contributed by atoms with E-state index in [1.165, 1.54) is 0 Å². The third kappa shape index (κ3) is 2.77. The number of oxime groups is 1. The Morgan fingerprint density at radius 1 is 1.37 bits per heavy atom. The van der Waals surface area contributed by atoms with Crippen LogP contribution in [0.25, 0.3) is 0 Å². The summed E-state index contributed by atoms with van der Waals surface area (Å²) < 4.78 is 10.8. The summed E-state index contributed by atoms with van der Waals surface area (Å²) in [5.74, 6) is -0.00231. The lowest BCUT2D eigenvalue weighted by molar-refractivity contribution is -0.00461. The van der Waals surface area contributed by atoms with E-state index in [9.17, 15) is 0 Å². The van der Waals surface area contributed by atoms with Gasteiger partial charge >= 0.3 is 0 Å². The fraction of sp³-hybridized carbons (Fsp3) is 0.500. The van der Waals surface area contributed by atoms with Crippen molar-refractivity contribution in [3.05, 3.63) is 24.0 Å². The van der Waals surface area contributed by atoms with E-state index in [1.54, 1.807) is 26.5 Å². The third-order valence-electron chi connectivity index (χ3n) is 3.30. The van der Waals surface area contributed by atoms with Crippen molar-refractivity contribution in [2.24, 2.45) is 10.9 Å². The number of methoxy groups -OCH3 is 2. The lowest BCUT2D eigenvalue weighted by atomic mass is 10.3. The molecule has 0 spiro atoms. The first-order chi connectivity index (χ1) is 9.19. The number of nitrogens with zero attached hydrogens (tertiary/aromatic N) is 3. The van der Waals surface area contributed by atoms with Crippen molar-refractivity contribution >= 4 is 11.5 Å². The van der Waals surface area contributed by atoms with Crippen LogP contribution in [0, 0.1) is 0 Å². The van der Waals surface area contributed by atoms with Gasteiger partial charge in [-0.05, 0) is 12.1 Å². The van der Waals surface area contributed by atoms with Crippen molar-refractivity contribution in [1.29, 1.82) is 0 Å². The highest BCUT2D eigenvalue weighted by molar-refractivity contribution is 5.95. The molecule has 0 amide bonds. The van der Waals surface area contributed by atoms with Crippen molar-refractivity contribution in [2.45, 2.75) is 12.2 Å². The number of pyridine rings is 1. The average molecular weight is 266 g/mol. The third-order valence-corrected chi connectivity index (χ3v) is 3.30. The maximum absolute atomic E-state index is 8.58. The highest BCUT2D eigenvalue weighted by Gasteiger charge is 2.33. The van der Waals surface area contributed by atoms with Crippen LogP contribution in [0.5, 0.6) is 0 Å². The molecule has 1 aliphatic heterocycles. The summed E-state index contributed by atoms with van der Waals surface area (Å²) in [5, 5.41) is 11.5. The number of hydrogen-bond donors (Lipinski definition) is 2. The van der Waals surface area contributed by atoms with Gasteiger partial charge in [0.1, 0.15) is 17.9 Å². The molecular formula is C12H18N4O3. The van der Waals surface area contributed by atoms with Crippen LogP contribution in [0.2, 0.25) is 0 Å². The molecule has 2 rings (SSSR count). The Morgan fingerprint density at radius 3 is 2.42 bits per heavy atom. The Morgan fingerprint density at radius 2 is 2.00 bits per heavy atom. The average Bonchev–Trinajstić information content (AvgIpc) is 2.89. The smallest absolute Gasteiger partial charge is 0.188 e. The molecule has 0 bridgehead atoms. The number of aromatic nitrogens is 1. The summed E-state index contributed by atoms with van der Waals surface area (Å²) in [7, 11) is 3.36. The largest absolute Gasteiger partial charge is 0.409 e. The minimum atomic E-state index is -0.00231. The second-order valence-corrected chi connectivity index (χ2v) is 4.34. The highest BCUT2D eigenvalue weighted by Crippen LogP contribution is 2.22. The van der Waals surface area contributed by atoms with Gasteiger partial charge in [0.05, 0.1) is 11.9 Å². The number of anilines is 1. The van der Waals surface area contributed by atoms with Gasteiger partial charge in [0.2, 0.25) is 0 Å². The second kappa shape index (κ2) is 5.85. The molecular weight excluding hydrogens is 248 g/mol. The maximum atomic E-state index is 8.58. The van der Waals surface area contributed by atoms with Gasteiger partial charge in [0, 0.05) is 27.3 Å². The number of hydrogen-bond acceptors (Lipinski definition) is 6. The molecule has 2 heterocycles. The summed E-state index contributed by atoms with van der Waals surface area (Å²) >= 11 is 0. The predicted molar refractivity (Wildman–Crippen MR) is 70.6 cm³/mol. The molecule has 1 aliphatic rings. The lowest BCUT2D eigenvalue weighted by Gasteiger charge is -2.17.